The second kappa shape index (κ2) is 9.78. The molecule has 166 valence electrons. The van der Waals surface area contributed by atoms with E-state index in [4.69, 9.17) is 0 Å². The predicted molar refractivity (Wildman–Crippen MR) is 127 cm³/mol. The molecule has 1 atom stereocenters. The molecule has 7 nitrogen and oxygen atoms in total. The number of para-hydroxylation sites is 1. The highest BCUT2D eigenvalue weighted by molar-refractivity contribution is 5.93. The van der Waals surface area contributed by atoms with Crippen LogP contribution in [-0.4, -0.2) is 46.8 Å². The van der Waals surface area contributed by atoms with Crippen molar-refractivity contribution in [3.05, 3.63) is 66.0 Å². The number of aromatic amines is 1. The molecule has 0 spiro atoms. The molecule has 7 heteroatoms. The summed E-state index contributed by atoms with van der Waals surface area (Å²) < 4.78 is 0. The van der Waals surface area contributed by atoms with Gasteiger partial charge in [0.1, 0.15) is 5.82 Å². The van der Waals surface area contributed by atoms with Gasteiger partial charge in [-0.2, -0.15) is 0 Å². The predicted octanol–water partition coefficient (Wildman–Crippen LogP) is 3.73. The van der Waals surface area contributed by atoms with Crippen LogP contribution >= 0.6 is 0 Å². The number of benzene rings is 1. The van der Waals surface area contributed by atoms with Crippen LogP contribution in [0.3, 0.4) is 0 Å². The fourth-order valence-corrected chi connectivity index (χ4v) is 3.90. The number of amides is 2. The number of aromatic nitrogens is 2. The molecule has 0 saturated carbocycles. The molecule has 4 rings (SSSR count). The Morgan fingerprint density at radius 1 is 1.19 bits per heavy atom. The second-order valence-corrected chi connectivity index (χ2v) is 8.26. The average molecular weight is 432 g/mol. The van der Waals surface area contributed by atoms with Gasteiger partial charge in [-0.15, -0.1) is 0 Å². The van der Waals surface area contributed by atoms with Gasteiger partial charge in [-0.3, -0.25) is 9.59 Å². The minimum atomic E-state index is -0.0977. The zero-order valence-electron chi connectivity index (χ0n) is 18.5. The number of anilines is 1. The smallest absolute Gasteiger partial charge is 0.246 e. The van der Waals surface area contributed by atoms with Gasteiger partial charge in [0, 0.05) is 36.4 Å². The zero-order chi connectivity index (χ0) is 22.5. The Morgan fingerprint density at radius 3 is 2.69 bits per heavy atom. The van der Waals surface area contributed by atoms with Gasteiger partial charge in [0.25, 0.3) is 0 Å². The summed E-state index contributed by atoms with van der Waals surface area (Å²) in [4.78, 5) is 34.4. The maximum Gasteiger partial charge on any atom is 0.246 e. The molecular formula is C25H29N5O2. The fraction of sp³-hybridized carbons (Fsp3) is 0.320. The van der Waals surface area contributed by atoms with Crippen LogP contribution < -0.4 is 10.6 Å². The van der Waals surface area contributed by atoms with Gasteiger partial charge in [-0.05, 0) is 74.1 Å². The van der Waals surface area contributed by atoms with Crippen LogP contribution in [0.15, 0.2) is 54.7 Å². The SMILES string of the molecule is CC(c1cc2ccccc2[nH]1)N(C)C(=O)/C=C/c1ccc(NC(=O)C2CCNCC2)nc1. The van der Waals surface area contributed by atoms with E-state index in [0.29, 0.717) is 5.82 Å². The standard InChI is InChI=1S/C25H29N5O2/c1-17(22-15-20-5-3-4-6-21(20)28-22)30(2)24(31)10-8-18-7-9-23(27-16-18)29-25(32)19-11-13-26-14-12-19/h3-10,15-17,19,26,28H,11-14H2,1-2H3,(H,27,29,32)/b10-8+. The molecule has 0 bridgehead atoms. The number of carbonyl (C=O) groups excluding carboxylic acids is 2. The van der Waals surface area contributed by atoms with E-state index in [1.54, 1.807) is 36.4 Å². The summed E-state index contributed by atoms with van der Waals surface area (Å²) in [5, 5.41) is 7.27. The number of nitrogens with one attached hydrogen (secondary N) is 3. The lowest BCUT2D eigenvalue weighted by molar-refractivity contribution is -0.126. The third-order valence-corrected chi connectivity index (χ3v) is 6.10. The van der Waals surface area contributed by atoms with Gasteiger partial charge >= 0.3 is 0 Å². The molecule has 3 heterocycles. The highest BCUT2D eigenvalue weighted by Gasteiger charge is 2.21. The summed E-state index contributed by atoms with van der Waals surface area (Å²) in [5.41, 5.74) is 2.85. The van der Waals surface area contributed by atoms with Crippen LogP contribution in [0.1, 0.15) is 37.1 Å². The number of H-pyrrole nitrogens is 1. The molecular weight excluding hydrogens is 402 g/mol. The van der Waals surface area contributed by atoms with Crippen molar-refractivity contribution in [3.8, 4) is 0 Å². The van der Waals surface area contributed by atoms with Crippen molar-refractivity contribution in [2.24, 2.45) is 5.92 Å². The maximum absolute atomic E-state index is 12.7. The van der Waals surface area contributed by atoms with Crippen LogP contribution in [0.4, 0.5) is 5.82 Å². The number of pyridine rings is 1. The molecule has 2 aromatic heterocycles. The van der Waals surface area contributed by atoms with Gasteiger partial charge in [0.05, 0.1) is 6.04 Å². The van der Waals surface area contributed by atoms with Crippen LogP contribution in [0, 0.1) is 5.92 Å². The van der Waals surface area contributed by atoms with Crippen molar-refractivity contribution in [2.75, 3.05) is 25.5 Å². The Kier molecular flexibility index (Phi) is 6.66. The van der Waals surface area contributed by atoms with Gasteiger partial charge < -0.3 is 20.5 Å². The van der Waals surface area contributed by atoms with E-state index < -0.39 is 0 Å². The number of likely N-dealkylation sites (N-methyl/N-ethyl adjacent to an activating group) is 1. The number of hydrogen-bond acceptors (Lipinski definition) is 4. The van der Waals surface area contributed by atoms with Crippen molar-refractivity contribution in [1.82, 2.24) is 20.2 Å². The lowest BCUT2D eigenvalue weighted by Gasteiger charge is -2.22. The first-order valence-corrected chi connectivity index (χ1v) is 11.0. The number of rotatable bonds is 6. The normalized spacial score (nSPS) is 15.7. The first-order chi connectivity index (χ1) is 15.5. The zero-order valence-corrected chi connectivity index (χ0v) is 18.5. The van der Waals surface area contributed by atoms with Crippen LogP contribution in [0.5, 0.6) is 0 Å². The molecule has 1 aliphatic rings. The summed E-state index contributed by atoms with van der Waals surface area (Å²) in [7, 11) is 1.79. The number of fused-ring (bicyclic) bond motifs is 1. The first-order valence-electron chi connectivity index (χ1n) is 11.0. The Balaban J connectivity index is 1.34. The van der Waals surface area contributed by atoms with E-state index in [0.717, 1.165) is 48.1 Å². The number of nitrogens with zero attached hydrogens (tertiary/aromatic N) is 2. The van der Waals surface area contributed by atoms with Crippen molar-refractivity contribution in [2.45, 2.75) is 25.8 Å². The number of piperidine rings is 1. The van der Waals surface area contributed by atoms with E-state index in [1.807, 2.05) is 31.2 Å². The Labute approximate surface area is 187 Å². The molecule has 1 saturated heterocycles. The van der Waals surface area contributed by atoms with E-state index in [1.165, 1.54) is 0 Å². The summed E-state index contributed by atoms with van der Waals surface area (Å²) in [5.74, 6) is 0.482. The molecule has 32 heavy (non-hydrogen) atoms. The van der Waals surface area contributed by atoms with Crippen LogP contribution in [-0.2, 0) is 9.59 Å². The van der Waals surface area contributed by atoms with Gasteiger partial charge in [0.15, 0.2) is 0 Å². The minimum absolute atomic E-state index is 0.0186. The monoisotopic (exact) mass is 431 g/mol. The molecule has 1 unspecified atom stereocenters. The summed E-state index contributed by atoms with van der Waals surface area (Å²) in [6, 6.07) is 13.7. The number of hydrogen-bond donors (Lipinski definition) is 3. The maximum atomic E-state index is 12.7. The molecule has 0 aliphatic carbocycles. The second-order valence-electron chi connectivity index (χ2n) is 8.26. The average Bonchev–Trinajstić information content (AvgIpc) is 3.27. The van der Waals surface area contributed by atoms with Gasteiger partial charge in [-0.25, -0.2) is 4.98 Å². The van der Waals surface area contributed by atoms with Gasteiger partial charge in [0.2, 0.25) is 11.8 Å². The van der Waals surface area contributed by atoms with Gasteiger partial charge in [-0.1, -0.05) is 18.2 Å². The molecule has 1 aliphatic heterocycles. The number of carbonyl (C=O) groups is 2. The van der Waals surface area contributed by atoms with E-state index >= 15 is 0 Å². The lowest BCUT2D eigenvalue weighted by Crippen LogP contribution is -2.34. The molecule has 3 aromatic rings. The van der Waals surface area contributed by atoms with E-state index in [9.17, 15) is 9.59 Å². The summed E-state index contributed by atoms with van der Waals surface area (Å²) in [6.45, 7) is 3.74. The van der Waals surface area contributed by atoms with Crippen LogP contribution in [0.2, 0.25) is 0 Å². The van der Waals surface area contributed by atoms with Crippen LogP contribution in [0.25, 0.3) is 17.0 Å². The van der Waals surface area contributed by atoms with Crippen molar-refractivity contribution in [1.29, 1.82) is 0 Å². The topological polar surface area (TPSA) is 90.1 Å². The Morgan fingerprint density at radius 2 is 1.97 bits per heavy atom. The van der Waals surface area contributed by atoms with Crippen molar-refractivity contribution >= 4 is 34.6 Å². The highest BCUT2D eigenvalue weighted by atomic mass is 16.2. The van der Waals surface area contributed by atoms with Crippen molar-refractivity contribution in [3.63, 3.8) is 0 Å². The molecule has 1 aromatic carbocycles. The Hall–Kier alpha value is -3.45. The van der Waals surface area contributed by atoms with E-state index in [2.05, 4.69) is 32.7 Å². The fourth-order valence-electron chi connectivity index (χ4n) is 3.90. The third-order valence-electron chi connectivity index (χ3n) is 6.10. The minimum Gasteiger partial charge on any atom is -0.357 e. The quantitative estimate of drug-likeness (QED) is 0.519. The third kappa shape index (κ3) is 5.06. The van der Waals surface area contributed by atoms with E-state index in [-0.39, 0.29) is 23.8 Å². The molecule has 1 fully saturated rings. The lowest BCUT2D eigenvalue weighted by atomic mass is 9.97. The Bertz CT molecular complexity index is 1080. The largest absolute Gasteiger partial charge is 0.357 e. The highest BCUT2D eigenvalue weighted by Crippen LogP contribution is 2.23. The molecule has 2 amide bonds. The summed E-state index contributed by atoms with van der Waals surface area (Å²) in [6.07, 6.45) is 6.63. The first kappa shape index (κ1) is 21.8. The molecule has 3 N–H and O–H groups in total. The summed E-state index contributed by atoms with van der Waals surface area (Å²) >= 11 is 0. The molecule has 0 radical (unpaired) electrons. The van der Waals surface area contributed by atoms with Crippen molar-refractivity contribution < 1.29 is 9.59 Å².